The highest BCUT2D eigenvalue weighted by Crippen LogP contribution is 2.35. The van der Waals surface area contributed by atoms with E-state index in [0.29, 0.717) is 5.56 Å². The number of hydrogen-bond acceptors (Lipinski definition) is 3. The summed E-state index contributed by atoms with van der Waals surface area (Å²) >= 11 is 6.17. The molecule has 5 nitrogen and oxygen atoms in total. The fourth-order valence-corrected chi connectivity index (χ4v) is 4.52. The SMILES string of the molecule is Cc1ccc(C(=O)N[C@@H]2CCc3ccc(-c4cn5c(n4)CCC5)cc32)c(Cl)n1. The van der Waals surface area contributed by atoms with E-state index in [2.05, 4.69) is 39.3 Å². The molecule has 1 aliphatic heterocycles. The van der Waals surface area contributed by atoms with Gasteiger partial charge in [0.25, 0.3) is 5.91 Å². The average molecular weight is 393 g/mol. The standard InChI is InChI=1S/C22H21ClN4O/c1-13-4-8-16(21(23)24-13)22(28)26-18-9-7-14-5-6-15(11-17(14)18)19-12-27-10-2-3-20(27)25-19/h4-6,8,11-12,18H,2-3,7,9-10H2,1H3,(H,26,28)/t18-/m1/s1. The van der Waals surface area contributed by atoms with E-state index in [1.807, 2.05) is 6.92 Å². The molecule has 6 heteroatoms. The highest BCUT2D eigenvalue weighted by Gasteiger charge is 2.26. The second kappa shape index (κ2) is 6.74. The molecule has 142 valence electrons. The van der Waals surface area contributed by atoms with E-state index in [9.17, 15) is 4.79 Å². The van der Waals surface area contributed by atoms with Crippen LogP contribution in [-0.4, -0.2) is 20.4 Å². The van der Waals surface area contributed by atoms with Gasteiger partial charge in [-0.15, -0.1) is 0 Å². The molecule has 1 atom stereocenters. The molecule has 0 spiro atoms. The lowest BCUT2D eigenvalue weighted by atomic mass is 10.0. The Morgan fingerprint density at radius 1 is 1.21 bits per heavy atom. The van der Waals surface area contributed by atoms with Gasteiger partial charge in [0.2, 0.25) is 0 Å². The third-order valence-electron chi connectivity index (χ3n) is 5.72. The van der Waals surface area contributed by atoms with E-state index in [1.165, 1.54) is 23.4 Å². The highest BCUT2D eigenvalue weighted by atomic mass is 35.5. The topological polar surface area (TPSA) is 59.8 Å². The number of hydrogen-bond donors (Lipinski definition) is 1. The Bertz CT molecular complexity index is 1070. The van der Waals surface area contributed by atoms with Crippen LogP contribution >= 0.6 is 11.6 Å². The number of aryl methyl sites for hydroxylation is 4. The highest BCUT2D eigenvalue weighted by molar-refractivity contribution is 6.32. The lowest BCUT2D eigenvalue weighted by Crippen LogP contribution is -2.27. The van der Waals surface area contributed by atoms with Crippen LogP contribution in [0.5, 0.6) is 0 Å². The van der Waals surface area contributed by atoms with Crippen molar-refractivity contribution in [2.24, 2.45) is 0 Å². The van der Waals surface area contributed by atoms with Crippen molar-refractivity contribution < 1.29 is 4.79 Å². The number of carbonyl (C=O) groups excluding carboxylic acids is 1. The van der Waals surface area contributed by atoms with Crippen molar-refractivity contribution in [3.63, 3.8) is 0 Å². The molecule has 1 amide bonds. The van der Waals surface area contributed by atoms with Crippen molar-refractivity contribution in [2.45, 2.75) is 45.2 Å². The van der Waals surface area contributed by atoms with Crippen LogP contribution in [0.2, 0.25) is 5.15 Å². The molecule has 0 radical (unpaired) electrons. The minimum atomic E-state index is -0.179. The first-order chi connectivity index (χ1) is 13.6. The van der Waals surface area contributed by atoms with Crippen molar-refractivity contribution in [1.29, 1.82) is 0 Å². The van der Waals surface area contributed by atoms with Crippen LogP contribution in [-0.2, 0) is 19.4 Å². The Morgan fingerprint density at radius 3 is 2.93 bits per heavy atom. The lowest BCUT2D eigenvalue weighted by molar-refractivity contribution is 0.0936. The molecule has 1 aromatic carbocycles. The van der Waals surface area contributed by atoms with Crippen LogP contribution in [0.4, 0.5) is 0 Å². The molecule has 0 saturated heterocycles. The van der Waals surface area contributed by atoms with Crippen molar-refractivity contribution >= 4 is 17.5 Å². The molecule has 5 rings (SSSR count). The molecule has 0 fully saturated rings. The van der Waals surface area contributed by atoms with Gasteiger partial charge in [-0.1, -0.05) is 23.7 Å². The summed E-state index contributed by atoms with van der Waals surface area (Å²) in [5, 5.41) is 3.39. The second-order valence-corrected chi connectivity index (χ2v) is 7.97. The maximum atomic E-state index is 12.7. The van der Waals surface area contributed by atoms with Crippen LogP contribution in [0.25, 0.3) is 11.3 Å². The van der Waals surface area contributed by atoms with Gasteiger partial charge in [-0.3, -0.25) is 4.79 Å². The van der Waals surface area contributed by atoms with Crippen LogP contribution in [0, 0.1) is 6.92 Å². The number of rotatable bonds is 3. The van der Waals surface area contributed by atoms with Crippen LogP contribution < -0.4 is 5.32 Å². The molecule has 1 aliphatic carbocycles. The van der Waals surface area contributed by atoms with Crippen molar-refractivity contribution in [3.8, 4) is 11.3 Å². The van der Waals surface area contributed by atoms with Crippen molar-refractivity contribution in [3.05, 3.63) is 69.9 Å². The second-order valence-electron chi connectivity index (χ2n) is 7.61. The minimum Gasteiger partial charge on any atom is -0.345 e. The van der Waals surface area contributed by atoms with Crippen LogP contribution in [0.3, 0.4) is 0 Å². The first kappa shape index (κ1) is 17.4. The number of carbonyl (C=O) groups is 1. The Hall–Kier alpha value is -2.66. The minimum absolute atomic E-state index is 0.0192. The van der Waals surface area contributed by atoms with Gasteiger partial charge < -0.3 is 9.88 Å². The first-order valence-corrected chi connectivity index (χ1v) is 10.1. The molecule has 28 heavy (non-hydrogen) atoms. The van der Waals surface area contributed by atoms with Gasteiger partial charge in [-0.05, 0) is 55.5 Å². The summed E-state index contributed by atoms with van der Waals surface area (Å²) in [5.74, 6) is 0.989. The van der Waals surface area contributed by atoms with Gasteiger partial charge in [0.15, 0.2) is 0 Å². The average Bonchev–Trinajstić information content (AvgIpc) is 3.36. The van der Waals surface area contributed by atoms with Gasteiger partial charge in [-0.25, -0.2) is 9.97 Å². The van der Waals surface area contributed by atoms with Crippen LogP contribution in [0.15, 0.2) is 36.5 Å². The summed E-state index contributed by atoms with van der Waals surface area (Å²) in [5.41, 5.74) is 5.80. The molecule has 3 aromatic rings. The molecule has 1 N–H and O–H groups in total. The summed E-state index contributed by atoms with van der Waals surface area (Å²) in [6.07, 6.45) is 6.22. The zero-order valence-electron chi connectivity index (χ0n) is 15.7. The molecule has 3 heterocycles. The van der Waals surface area contributed by atoms with Crippen molar-refractivity contribution in [1.82, 2.24) is 19.9 Å². The number of nitrogens with zero attached hydrogens (tertiary/aromatic N) is 3. The summed E-state index contributed by atoms with van der Waals surface area (Å²) in [7, 11) is 0. The van der Waals surface area contributed by atoms with Gasteiger partial charge in [-0.2, -0.15) is 0 Å². The number of benzene rings is 1. The molecule has 2 aromatic heterocycles. The fourth-order valence-electron chi connectivity index (χ4n) is 4.24. The van der Waals surface area contributed by atoms with E-state index in [0.717, 1.165) is 42.8 Å². The summed E-state index contributed by atoms with van der Waals surface area (Å²) in [4.78, 5) is 21.7. The normalized spacial score (nSPS) is 17.4. The maximum absolute atomic E-state index is 12.7. The molecule has 2 aliphatic rings. The Kier molecular flexibility index (Phi) is 4.20. The third kappa shape index (κ3) is 3.00. The van der Waals surface area contributed by atoms with Crippen molar-refractivity contribution in [2.75, 3.05) is 0 Å². The molecule has 0 unspecified atom stereocenters. The number of halogens is 1. The van der Waals surface area contributed by atoms with Crippen LogP contribution in [0.1, 0.15) is 51.9 Å². The first-order valence-electron chi connectivity index (χ1n) is 9.72. The van der Waals surface area contributed by atoms with E-state index in [1.54, 1.807) is 12.1 Å². The maximum Gasteiger partial charge on any atom is 0.254 e. The Balaban J connectivity index is 1.41. The van der Waals surface area contributed by atoms with Gasteiger partial charge >= 0.3 is 0 Å². The van der Waals surface area contributed by atoms with E-state index < -0.39 is 0 Å². The zero-order valence-corrected chi connectivity index (χ0v) is 16.5. The fraction of sp³-hybridized carbons (Fsp3) is 0.318. The number of fused-ring (bicyclic) bond motifs is 2. The molecular formula is C22H21ClN4O. The van der Waals surface area contributed by atoms with Gasteiger partial charge in [0, 0.05) is 30.4 Å². The quantitative estimate of drug-likeness (QED) is 0.677. The van der Waals surface area contributed by atoms with E-state index in [-0.39, 0.29) is 17.1 Å². The predicted molar refractivity (Wildman–Crippen MR) is 108 cm³/mol. The number of nitrogens with one attached hydrogen (secondary N) is 1. The van der Waals surface area contributed by atoms with E-state index >= 15 is 0 Å². The Labute approximate surface area is 168 Å². The monoisotopic (exact) mass is 392 g/mol. The number of imidazole rings is 1. The largest absolute Gasteiger partial charge is 0.345 e. The van der Waals surface area contributed by atoms with Gasteiger partial charge in [0.1, 0.15) is 11.0 Å². The molecule has 0 bridgehead atoms. The number of pyridine rings is 1. The Morgan fingerprint density at radius 2 is 2.11 bits per heavy atom. The summed E-state index contributed by atoms with van der Waals surface area (Å²) in [6.45, 7) is 2.91. The number of amides is 1. The summed E-state index contributed by atoms with van der Waals surface area (Å²) in [6, 6.07) is 10.0. The smallest absolute Gasteiger partial charge is 0.254 e. The third-order valence-corrected chi connectivity index (χ3v) is 6.00. The number of aromatic nitrogens is 3. The summed E-state index contributed by atoms with van der Waals surface area (Å²) < 4.78 is 2.24. The lowest BCUT2D eigenvalue weighted by Gasteiger charge is -2.15. The zero-order chi connectivity index (χ0) is 19.3. The van der Waals surface area contributed by atoms with Gasteiger partial charge in [0.05, 0.1) is 17.3 Å². The molecular weight excluding hydrogens is 372 g/mol. The molecule has 0 saturated carbocycles. The van der Waals surface area contributed by atoms with E-state index in [4.69, 9.17) is 16.6 Å². The predicted octanol–water partition coefficient (Wildman–Crippen LogP) is 4.27.